The van der Waals surface area contributed by atoms with Gasteiger partial charge in [0.1, 0.15) is 0 Å². The molecule has 1 aliphatic rings. The number of unbranched alkanes of at least 4 members (excludes halogenated alkanes) is 1. The van der Waals surface area contributed by atoms with Crippen LogP contribution in [0.15, 0.2) is 24.3 Å². The third-order valence-corrected chi connectivity index (χ3v) is 6.48. The van der Waals surface area contributed by atoms with Gasteiger partial charge in [-0.1, -0.05) is 25.8 Å². The number of halogens is 3. The van der Waals surface area contributed by atoms with E-state index in [0.29, 0.717) is 18.0 Å². The van der Waals surface area contributed by atoms with Crippen molar-refractivity contribution in [1.82, 2.24) is 15.5 Å². The van der Waals surface area contributed by atoms with Crippen molar-refractivity contribution in [1.29, 1.82) is 0 Å². The number of benzene rings is 1. The van der Waals surface area contributed by atoms with Gasteiger partial charge in [0, 0.05) is 23.7 Å². The van der Waals surface area contributed by atoms with Gasteiger partial charge >= 0.3 is 6.18 Å². The van der Waals surface area contributed by atoms with Crippen molar-refractivity contribution in [2.75, 3.05) is 13.6 Å². The first-order chi connectivity index (χ1) is 15.0. The Balaban J connectivity index is 1.92. The molecule has 180 valence electrons. The van der Waals surface area contributed by atoms with E-state index in [9.17, 15) is 22.8 Å². The Labute approximate surface area is 189 Å². The predicted octanol–water partition coefficient (Wildman–Crippen LogP) is 4.62. The van der Waals surface area contributed by atoms with Crippen molar-refractivity contribution in [3.63, 3.8) is 0 Å². The maximum absolute atomic E-state index is 12.9. The summed E-state index contributed by atoms with van der Waals surface area (Å²) >= 11 is 0. The quantitative estimate of drug-likeness (QED) is 0.571. The van der Waals surface area contributed by atoms with Gasteiger partial charge in [0.15, 0.2) is 0 Å². The Morgan fingerprint density at radius 3 is 2.56 bits per heavy atom. The molecule has 0 radical (unpaired) electrons. The van der Waals surface area contributed by atoms with E-state index in [1.165, 1.54) is 12.1 Å². The average molecular weight is 456 g/mol. The fraction of sp³-hybridized carbons (Fsp3) is 0.667. The predicted molar refractivity (Wildman–Crippen MR) is 119 cm³/mol. The number of carbonyl (C=O) groups is 2. The molecule has 8 heteroatoms. The maximum atomic E-state index is 12.9. The van der Waals surface area contributed by atoms with E-state index in [1.807, 2.05) is 0 Å². The summed E-state index contributed by atoms with van der Waals surface area (Å²) in [5.41, 5.74) is -1.01. The van der Waals surface area contributed by atoms with E-state index in [0.717, 1.165) is 50.7 Å². The molecule has 0 aromatic heterocycles. The Morgan fingerprint density at radius 1 is 1.22 bits per heavy atom. The van der Waals surface area contributed by atoms with Gasteiger partial charge in [0.25, 0.3) is 5.91 Å². The summed E-state index contributed by atoms with van der Waals surface area (Å²) < 4.78 is 38.6. The summed E-state index contributed by atoms with van der Waals surface area (Å²) in [5.74, 6) is -0.637. The monoisotopic (exact) mass is 455 g/mol. The fourth-order valence-electron chi connectivity index (χ4n) is 4.36. The SMILES string of the molecule is CCCC[C@H]1C[C@@H](N(C)C(C)C)CC[C@H]1NC(=O)CNC(=O)c1cccc(C(F)(F)F)c1. The smallest absolute Gasteiger partial charge is 0.352 e. The molecule has 2 rings (SSSR count). The van der Waals surface area contributed by atoms with Crippen LogP contribution in [0.5, 0.6) is 0 Å². The highest BCUT2D eigenvalue weighted by Crippen LogP contribution is 2.32. The van der Waals surface area contributed by atoms with Crippen LogP contribution in [0.1, 0.15) is 75.2 Å². The standard InChI is InChI=1S/C24H36F3N3O2/c1-5-6-8-17-14-20(30(4)16(2)3)11-12-21(17)29-22(31)15-28-23(32)18-9-7-10-19(13-18)24(25,26)27/h7,9-10,13,16-17,20-21H,5-6,8,11-12,14-15H2,1-4H3,(H,28,32)(H,29,31)/t17-,20-,21+/m0/s1. The van der Waals surface area contributed by atoms with Gasteiger partial charge in [-0.3, -0.25) is 9.59 Å². The zero-order chi connectivity index (χ0) is 23.9. The average Bonchev–Trinajstić information content (AvgIpc) is 2.75. The van der Waals surface area contributed by atoms with Crippen LogP contribution in [0.4, 0.5) is 13.2 Å². The van der Waals surface area contributed by atoms with E-state index in [4.69, 9.17) is 0 Å². The molecule has 32 heavy (non-hydrogen) atoms. The van der Waals surface area contributed by atoms with E-state index >= 15 is 0 Å². The molecule has 1 fully saturated rings. The van der Waals surface area contributed by atoms with Gasteiger partial charge in [-0.25, -0.2) is 0 Å². The molecule has 0 bridgehead atoms. The molecule has 1 aromatic carbocycles. The number of hydrogen-bond acceptors (Lipinski definition) is 3. The molecule has 1 aliphatic carbocycles. The molecule has 2 amide bonds. The zero-order valence-electron chi connectivity index (χ0n) is 19.5. The van der Waals surface area contributed by atoms with Crippen LogP contribution in [0.25, 0.3) is 0 Å². The minimum absolute atomic E-state index is 0.0521. The highest BCUT2D eigenvalue weighted by molar-refractivity contribution is 5.96. The van der Waals surface area contributed by atoms with E-state index in [1.54, 1.807) is 0 Å². The molecule has 1 aromatic rings. The van der Waals surface area contributed by atoms with Gasteiger partial charge < -0.3 is 15.5 Å². The van der Waals surface area contributed by atoms with Crippen LogP contribution in [0, 0.1) is 5.92 Å². The van der Waals surface area contributed by atoms with Crippen molar-refractivity contribution >= 4 is 11.8 Å². The zero-order valence-corrected chi connectivity index (χ0v) is 19.5. The molecule has 5 nitrogen and oxygen atoms in total. The highest BCUT2D eigenvalue weighted by atomic mass is 19.4. The Hall–Kier alpha value is -2.09. The largest absolute Gasteiger partial charge is 0.416 e. The number of nitrogens with one attached hydrogen (secondary N) is 2. The fourth-order valence-corrected chi connectivity index (χ4v) is 4.36. The normalized spacial score (nSPS) is 21.6. The van der Waals surface area contributed by atoms with Crippen LogP contribution in [0.2, 0.25) is 0 Å². The Morgan fingerprint density at radius 2 is 1.94 bits per heavy atom. The van der Waals surface area contributed by atoms with Crippen molar-refractivity contribution in [3.8, 4) is 0 Å². The minimum Gasteiger partial charge on any atom is -0.352 e. The molecule has 0 aliphatic heterocycles. The molecule has 2 N–H and O–H groups in total. The van der Waals surface area contributed by atoms with Crippen molar-refractivity contribution in [3.05, 3.63) is 35.4 Å². The van der Waals surface area contributed by atoms with E-state index in [-0.39, 0.29) is 24.1 Å². The van der Waals surface area contributed by atoms with Crippen molar-refractivity contribution in [2.45, 2.75) is 83.6 Å². The lowest BCUT2D eigenvalue weighted by Crippen LogP contribution is -2.51. The lowest BCUT2D eigenvalue weighted by Gasteiger charge is -2.42. The van der Waals surface area contributed by atoms with Crippen molar-refractivity contribution < 1.29 is 22.8 Å². The second-order valence-corrected chi connectivity index (χ2v) is 9.06. The second-order valence-electron chi connectivity index (χ2n) is 9.06. The van der Waals surface area contributed by atoms with Gasteiger partial charge in [0.2, 0.25) is 5.91 Å². The highest BCUT2D eigenvalue weighted by Gasteiger charge is 2.33. The summed E-state index contributed by atoms with van der Waals surface area (Å²) in [6, 6.07) is 5.19. The van der Waals surface area contributed by atoms with Gasteiger partial charge in [0.05, 0.1) is 12.1 Å². The lowest BCUT2D eigenvalue weighted by molar-refractivity contribution is -0.137. The minimum atomic E-state index is -4.52. The molecule has 0 saturated heterocycles. The third-order valence-electron chi connectivity index (χ3n) is 6.48. The number of amides is 2. The molecule has 0 spiro atoms. The van der Waals surface area contributed by atoms with Gasteiger partial charge in [-0.15, -0.1) is 0 Å². The first kappa shape index (κ1) is 26.2. The van der Waals surface area contributed by atoms with E-state index < -0.39 is 17.6 Å². The first-order valence-electron chi connectivity index (χ1n) is 11.5. The van der Waals surface area contributed by atoms with Crippen molar-refractivity contribution in [2.24, 2.45) is 5.92 Å². The molecule has 1 saturated carbocycles. The lowest BCUT2D eigenvalue weighted by atomic mass is 9.78. The first-order valence-corrected chi connectivity index (χ1v) is 11.5. The molecular weight excluding hydrogens is 419 g/mol. The number of hydrogen-bond donors (Lipinski definition) is 2. The van der Waals surface area contributed by atoms with Crippen LogP contribution in [-0.2, 0) is 11.0 Å². The third kappa shape index (κ3) is 7.50. The molecule has 0 unspecified atom stereocenters. The molecule has 3 atom stereocenters. The summed E-state index contributed by atoms with van der Waals surface area (Å²) in [5, 5.41) is 5.50. The summed E-state index contributed by atoms with van der Waals surface area (Å²) in [6.07, 6.45) is 1.61. The number of alkyl halides is 3. The maximum Gasteiger partial charge on any atom is 0.416 e. The summed E-state index contributed by atoms with van der Waals surface area (Å²) in [4.78, 5) is 27.1. The summed E-state index contributed by atoms with van der Waals surface area (Å²) in [6.45, 7) is 6.25. The topological polar surface area (TPSA) is 61.4 Å². The van der Waals surface area contributed by atoms with Crippen LogP contribution in [-0.4, -0.2) is 48.4 Å². The number of carbonyl (C=O) groups excluding carboxylic acids is 2. The van der Waals surface area contributed by atoms with Crippen LogP contribution in [0.3, 0.4) is 0 Å². The Bertz CT molecular complexity index is 767. The Kier molecular flexibility index (Phi) is 9.55. The molecular formula is C24H36F3N3O2. The number of nitrogens with zero attached hydrogens (tertiary/aromatic N) is 1. The van der Waals surface area contributed by atoms with E-state index in [2.05, 4.69) is 43.4 Å². The summed E-state index contributed by atoms with van der Waals surface area (Å²) in [7, 11) is 2.15. The number of rotatable bonds is 9. The van der Waals surface area contributed by atoms with Gasteiger partial charge in [-0.05, 0) is 70.7 Å². The molecule has 0 heterocycles. The van der Waals surface area contributed by atoms with Crippen LogP contribution < -0.4 is 10.6 Å². The second kappa shape index (κ2) is 11.7. The van der Waals surface area contributed by atoms with Crippen LogP contribution >= 0.6 is 0 Å². The van der Waals surface area contributed by atoms with Gasteiger partial charge in [-0.2, -0.15) is 13.2 Å².